The average molecular weight is 332 g/mol. The molecule has 23 heavy (non-hydrogen) atoms. The third kappa shape index (κ3) is 2.34. The van der Waals surface area contributed by atoms with Gasteiger partial charge in [0.15, 0.2) is 5.82 Å². The second kappa shape index (κ2) is 4.90. The van der Waals surface area contributed by atoms with Crippen LogP contribution >= 0.6 is 0 Å². The smallest absolute Gasteiger partial charge is 0.152 e. The Morgan fingerprint density at radius 3 is 2.91 bits per heavy atom. The molecule has 0 bridgehead atoms. The summed E-state index contributed by atoms with van der Waals surface area (Å²) in [5, 5.41) is 0.913. The number of ether oxygens (including phenoxy) is 1. The van der Waals surface area contributed by atoms with Crippen LogP contribution in [-0.4, -0.2) is 41.6 Å². The number of hydrogen-bond acceptors (Lipinski definition) is 6. The molecule has 0 saturated carbocycles. The van der Waals surface area contributed by atoms with Crippen molar-refractivity contribution in [1.29, 1.82) is 0 Å². The quantitative estimate of drug-likeness (QED) is 0.759. The Morgan fingerprint density at radius 1 is 1.35 bits per heavy atom. The summed E-state index contributed by atoms with van der Waals surface area (Å²) in [6, 6.07) is 7.33. The van der Waals surface area contributed by atoms with Gasteiger partial charge in [0.25, 0.3) is 0 Å². The number of fused-ring (bicyclic) bond motifs is 5. The molecule has 1 aromatic carbocycles. The summed E-state index contributed by atoms with van der Waals surface area (Å²) in [7, 11) is -3.15. The second-order valence-electron chi connectivity index (χ2n) is 5.87. The lowest BCUT2D eigenvalue weighted by Crippen LogP contribution is -2.29. The van der Waals surface area contributed by atoms with E-state index in [4.69, 9.17) is 10.5 Å². The van der Waals surface area contributed by atoms with Gasteiger partial charge in [0.2, 0.25) is 0 Å². The first kappa shape index (κ1) is 14.4. The van der Waals surface area contributed by atoms with Gasteiger partial charge in [-0.1, -0.05) is 18.2 Å². The number of para-hydroxylation sites is 1. The maximum Gasteiger partial charge on any atom is 0.152 e. The summed E-state index contributed by atoms with van der Waals surface area (Å²) in [4.78, 5) is 8.93. The summed E-state index contributed by atoms with van der Waals surface area (Å²) >= 11 is 0. The van der Waals surface area contributed by atoms with Crippen LogP contribution in [0.4, 0.5) is 5.82 Å². The van der Waals surface area contributed by atoms with Crippen LogP contribution in [0.5, 0.6) is 0 Å². The number of aromatic nitrogens is 3. The molecule has 0 spiro atoms. The lowest BCUT2D eigenvalue weighted by Gasteiger charge is -2.25. The average Bonchev–Trinajstić information content (AvgIpc) is 2.87. The Kier molecular flexibility index (Phi) is 3.07. The molecule has 0 unspecified atom stereocenters. The highest BCUT2D eigenvalue weighted by molar-refractivity contribution is 7.90. The van der Waals surface area contributed by atoms with E-state index < -0.39 is 9.84 Å². The summed E-state index contributed by atoms with van der Waals surface area (Å²) in [5.41, 5.74) is 8.26. The van der Waals surface area contributed by atoms with Crippen LogP contribution in [0.1, 0.15) is 11.9 Å². The van der Waals surface area contributed by atoms with Gasteiger partial charge in [-0.3, -0.25) is 0 Å². The fourth-order valence-corrected chi connectivity index (χ4v) is 4.14. The highest BCUT2D eigenvalue weighted by Gasteiger charge is 2.28. The molecule has 1 atom stereocenters. The number of rotatable bonds is 2. The van der Waals surface area contributed by atoms with E-state index in [0.29, 0.717) is 30.4 Å². The van der Waals surface area contributed by atoms with E-state index in [0.717, 1.165) is 16.4 Å². The SMILES string of the molecule is CS(=O)(=O)C[C@H]1COCc2nc3c(N)nc4ccccc4c3n21. The first-order chi connectivity index (χ1) is 10.9. The van der Waals surface area contributed by atoms with Gasteiger partial charge in [-0.05, 0) is 6.07 Å². The van der Waals surface area contributed by atoms with E-state index >= 15 is 0 Å². The normalized spacial score (nSPS) is 18.4. The summed E-state index contributed by atoms with van der Waals surface area (Å²) in [5.74, 6) is 1.03. The number of pyridine rings is 1. The van der Waals surface area contributed by atoms with Gasteiger partial charge in [-0.2, -0.15) is 0 Å². The van der Waals surface area contributed by atoms with Crippen LogP contribution in [0.25, 0.3) is 21.9 Å². The zero-order valence-electron chi connectivity index (χ0n) is 12.6. The number of nitrogen functional groups attached to an aromatic ring is 1. The molecule has 2 aromatic heterocycles. The van der Waals surface area contributed by atoms with Gasteiger partial charge in [0, 0.05) is 11.6 Å². The molecule has 0 aliphatic carbocycles. The van der Waals surface area contributed by atoms with Crippen molar-refractivity contribution in [2.75, 3.05) is 24.3 Å². The molecule has 2 N–H and O–H groups in total. The van der Waals surface area contributed by atoms with E-state index in [2.05, 4.69) is 9.97 Å². The summed E-state index contributed by atoms with van der Waals surface area (Å²) < 4.78 is 31.0. The Labute approximate surface area is 133 Å². The van der Waals surface area contributed by atoms with Crippen molar-refractivity contribution in [3.63, 3.8) is 0 Å². The topological polar surface area (TPSA) is 100 Å². The first-order valence-electron chi connectivity index (χ1n) is 7.24. The number of imidazole rings is 1. The molecule has 8 heteroatoms. The fraction of sp³-hybridized carbons (Fsp3) is 0.333. The molecule has 1 aliphatic heterocycles. The van der Waals surface area contributed by atoms with E-state index in [-0.39, 0.29) is 11.8 Å². The Hall–Kier alpha value is -2.19. The van der Waals surface area contributed by atoms with Crippen molar-refractivity contribution < 1.29 is 13.2 Å². The third-order valence-corrected chi connectivity index (χ3v) is 5.02. The molecule has 1 aliphatic rings. The highest BCUT2D eigenvalue weighted by Crippen LogP contribution is 2.33. The predicted molar refractivity (Wildman–Crippen MR) is 87.9 cm³/mol. The molecule has 4 rings (SSSR count). The monoisotopic (exact) mass is 332 g/mol. The van der Waals surface area contributed by atoms with E-state index in [1.54, 1.807) is 0 Å². The van der Waals surface area contributed by atoms with Crippen molar-refractivity contribution in [1.82, 2.24) is 14.5 Å². The van der Waals surface area contributed by atoms with E-state index in [9.17, 15) is 8.42 Å². The Bertz CT molecular complexity index is 1030. The molecule has 0 saturated heterocycles. The molecule has 7 nitrogen and oxygen atoms in total. The number of sulfone groups is 1. The number of nitrogens with two attached hydrogens (primary N) is 1. The molecule has 0 fully saturated rings. The zero-order valence-corrected chi connectivity index (χ0v) is 13.4. The second-order valence-corrected chi connectivity index (χ2v) is 8.06. The maximum absolute atomic E-state index is 11.8. The van der Waals surface area contributed by atoms with Gasteiger partial charge in [0.1, 0.15) is 27.8 Å². The minimum atomic E-state index is -3.15. The van der Waals surface area contributed by atoms with Crippen LogP contribution < -0.4 is 5.73 Å². The third-order valence-electron chi connectivity index (χ3n) is 4.03. The van der Waals surface area contributed by atoms with Crippen molar-refractivity contribution in [2.24, 2.45) is 0 Å². The van der Waals surface area contributed by atoms with Crippen molar-refractivity contribution >= 4 is 37.6 Å². The fourth-order valence-electron chi connectivity index (χ4n) is 3.20. The minimum absolute atomic E-state index is 0.00200. The van der Waals surface area contributed by atoms with Crippen LogP contribution in [-0.2, 0) is 21.2 Å². The van der Waals surface area contributed by atoms with E-state index in [1.165, 1.54) is 6.26 Å². The zero-order chi connectivity index (χ0) is 16.2. The first-order valence-corrected chi connectivity index (χ1v) is 9.30. The number of anilines is 1. The standard InChI is InChI=1S/C15H16N4O3S/c1-23(20,21)8-9-6-22-7-12-18-13-14(19(9)12)10-4-2-3-5-11(10)17-15(13)16/h2-5,9H,6-8H2,1H3,(H2,16,17)/t9-/m1/s1. The van der Waals surface area contributed by atoms with Gasteiger partial charge in [-0.25, -0.2) is 18.4 Å². The summed E-state index contributed by atoms with van der Waals surface area (Å²) in [6.07, 6.45) is 1.23. The van der Waals surface area contributed by atoms with Gasteiger partial charge in [0.05, 0.1) is 29.4 Å². The molecule has 3 heterocycles. The molecule has 3 aromatic rings. The van der Waals surface area contributed by atoms with Crippen LogP contribution in [0.2, 0.25) is 0 Å². The van der Waals surface area contributed by atoms with Crippen LogP contribution in [0, 0.1) is 0 Å². The molecular formula is C15H16N4O3S. The molecule has 0 radical (unpaired) electrons. The van der Waals surface area contributed by atoms with Crippen molar-refractivity contribution in [3.05, 3.63) is 30.1 Å². The van der Waals surface area contributed by atoms with Crippen molar-refractivity contribution in [2.45, 2.75) is 12.6 Å². The lowest BCUT2D eigenvalue weighted by molar-refractivity contribution is 0.0631. The number of benzene rings is 1. The highest BCUT2D eigenvalue weighted by atomic mass is 32.2. The van der Waals surface area contributed by atoms with Crippen molar-refractivity contribution in [3.8, 4) is 0 Å². The predicted octanol–water partition coefficient (Wildman–Crippen LogP) is 1.28. The van der Waals surface area contributed by atoms with Crippen LogP contribution in [0.3, 0.4) is 0 Å². The largest absolute Gasteiger partial charge is 0.382 e. The molecule has 120 valence electrons. The molecule has 0 amide bonds. The Balaban J connectivity index is 2.07. The summed E-state index contributed by atoms with van der Waals surface area (Å²) in [6.45, 7) is 0.671. The number of nitrogens with zero attached hydrogens (tertiary/aromatic N) is 3. The Morgan fingerprint density at radius 2 is 2.13 bits per heavy atom. The molecular weight excluding hydrogens is 316 g/mol. The lowest BCUT2D eigenvalue weighted by atomic mass is 10.1. The van der Waals surface area contributed by atoms with Crippen LogP contribution in [0.15, 0.2) is 24.3 Å². The minimum Gasteiger partial charge on any atom is -0.382 e. The van der Waals surface area contributed by atoms with Gasteiger partial charge in [-0.15, -0.1) is 0 Å². The van der Waals surface area contributed by atoms with E-state index in [1.807, 2.05) is 28.8 Å². The van der Waals surface area contributed by atoms with Gasteiger partial charge >= 0.3 is 0 Å². The maximum atomic E-state index is 11.8. The van der Waals surface area contributed by atoms with Gasteiger partial charge < -0.3 is 15.0 Å². The number of hydrogen-bond donors (Lipinski definition) is 1.